The van der Waals surface area contributed by atoms with Crippen molar-refractivity contribution in [3.63, 3.8) is 0 Å². The van der Waals surface area contributed by atoms with Crippen molar-refractivity contribution in [1.29, 1.82) is 0 Å². The van der Waals surface area contributed by atoms with Crippen molar-refractivity contribution in [2.75, 3.05) is 13.6 Å². The Morgan fingerprint density at radius 1 is 1.25 bits per heavy atom. The normalized spacial score (nSPS) is 19.9. The predicted molar refractivity (Wildman–Crippen MR) is 75.5 cm³/mol. The first-order valence-electron chi connectivity index (χ1n) is 7.37. The Morgan fingerprint density at radius 3 is 2.35 bits per heavy atom. The van der Waals surface area contributed by atoms with Crippen molar-refractivity contribution in [3.05, 3.63) is 0 Å². The average Bonchev–Trinajstić information content (AvgIpc) is 2.65. The molecule has 0 radical (unpaired) electrons. The lowest BCUT2D eigenvalue weighted by Crippen LogP contribution is -2.46. The van der Waals surface area contributed by atoms with Gasteiger partial charge in [0.15, 0.2) is 0 Å². The summed E-state index contributed by atoms with van der Waals surface area (Å²) in [5.41, 5.74) is 0. The second kappa shape index (κ2) is 8.92. The molecule has 0 spiro atoms. The zero-order chi connectivity index (χ0) is 15.0. The molecule has 0 amide bonds. The van der Waals surface area contributed by atoms with E-state index < -0.39 is 24.1 Å². The van der Waals surface area contributed by atoms with Crippen LogP contribution in [0.15, 0.2) is 0 Å². The van der Waals surface area contributed by atoms with E-state index in [1.165, 1.54) is 32.7 Å². The van der Waals surface area contributed by atoms with E-state index in [1.54, 1.807) is 6.92 Å². The minimum absolute atomic E-state index is 0.144. The number of nitrogens with one attached hydrogen (secondary N) is 2. The number of hydrogen-bond acceptors (Lipinski definition) is 5. The third kappa shape index (κ3) is 5.88. The standard InChI is InChI=1S/C14H26N2O4/c1-10(13(15-2)14(18)19)20-12(17)9-16-11-7-5-3-4-6-8-11/h10-11,13,15-16H,3-9H2,1-2H3,(H,18,19)/t10-,13+/m1/s1. The summed E-state index contributed by atoms with van der Waals surface area (Å²) in [6.45, 7) is 1.73. The third-order valence-corrected chi connectivity index (χ3v) is 3.75. The molecule has 0 unspecified atom stereocenters. The molecule has 0 aromatic rings. The lowest BCUT2D eigenvalue weighted by molar-refractivity contribution is -0.153. The highest BCUT2D eigenvalue weighted by atomic mass is 16.5. The van der Waals surface area contributed by atoms with E-state index in [2.05, 4.69) is 10.6 Å². The third-order valence-electron chi connectivity index (χ3n) is 3.75. The van der Waals surface area contributed by atoms with Crippen LogP contribution < -0.4 is 10.6 Å². The van der Waals surface area contributed by atoms with Gasteiger partial charge in [0.25, 0.3) is 0 Å². The van der Waals surface area contributed by atoms with E-state index in [9.17, 15) is 9.59 Å². The van der Waals surface area contributed by atoms with E-state index in [1.807, 2.05) is 0 Å². The number of rotatable bonds is 7. The van der Waals surface area contributed by atoms with Crippen LogP contribution in [0.2, 0.25) is 0 Å². The van der Waals surface area contributed by atoms with Crippen LogP contribution in [0, 0.1) is 0 Å². The van der Waals surface area contributed by atoms with Crippen LogP contribution in [0.3, 0.4) is 0 Å². The molecule has 116 valence electrons. The van der Waals surface area contributed by atoms with Crippen molar-refractivity contribution < 1.29 is 19.4 Å². The molecule has 0 bridgehead atoms. The maximum absolute atomic E-state index is 11.7. The number of carboxylic acid groups (broad SMARTS) is 1. The smallest absolute Gasteiger partial charge is 0.324 e. The number of ether oxygens (including phenoxy) is 1. The van der Waals surface area contributed by atoms with Gasteiger partial charge < -0.3 is 20.5 Å². The molecule has 0 aromatic heterocycles. The fourth-order valence-electron chi connectivity index (χ4n) is 2.59. The van der Waals surface area contributed by atoms with E-state index >= 15 is 0 Å². The molecule has 20 heavy (non-hydrogen) atoms. The van der Waals surface area contributed by atoms with Crippen molar-refractivity contribution in [2.24, 2.45) is 0 Å². The first kappa shape index (κ1) is 16.9. The summed E-state index contributed by atoms with van der Waals surface area (Å²) in [6.07, 6.45) is 6.42. The van der Waals surface area contributed by atoms with Crippen LogP contribution in [0.1, 0.15) is 45.4 Å². The topological polar surface area (TPSA) is 87.7 Å². The lowest BCUT2D eigenvalue weighted by atomic mass is 10.1. The van der Waals surface area contributed by atoms with E-state index in [0.29, 0.717) is 6.04 Å². The van der Waals surface area contributed by atoms with Crippen LogP contribution in [-0.4, -0.2) is 48.8 Å². The molecule has 0 heterocycles. The number of likely N-dealkylation sites (N-methyl/N-ethyl adjacent to an activating group) is 1. The number of carboxylic acids is 1. The molecule has 0 saturated heterocycles. The van der Waals surface area contributed by atoms with Gasteiger partial charge >= 0.3 is 11.9 Å². The molecular weight excluding hydrogens is 260 g/mol. The summed E-state index contributed by atoms with van der Waals surface area (Å²) >= 11 is 0. The summed E-state index contributed by atoms with van der Waals surface area (Å²) in [4.78, 5) is 22.6. The molecule has 3 N–H and O–H groups in total. The zero-order valence-electron chi connectivity index (χ0n) is 12.4. The Balaban J connectivity index is 2.29. The first-order chi connectivity index (χ1) is 9.54. The van der Waals surface area contributed by atoms with Gasteiger partial charge in [0.1, 0.15) is 12.1 Å². The molecule has 1 aliphatic carbocycles. The number of carbonyl (C=O) groups excluding carboxylic acids is 1. The Hall–Kier alpha value is -1.14. The SMILES string of the molecule is CN[C@H](C(=O)O)[C@@H](C)OC(=O)CNC1CCCCCC1. The molecule has 1 rings (SSSR count). The summed E-state index contributed by atoms with van der Waals surface area (Å²) in [7, 11) is 1.53. The highest BCUT2D eigenvalue weighted by molar-refractivity contribution is 5.76. The lowest BCUT2D eigenvalue weighted by Gasteiger charge is -2.21. The molecule has 6 heteroatoms. The van der Waals surface area contributed by atoms with E-state index in [4.69, 9.17) is 9.84 Å². The second-order valence-corrected chi connectivity index (χ2v) is 5.37. The van der Waals surface area contributed by atoms with Crippen LogP contribution in [0.5, 0.6) is 0 Å². The quantitative estimate of drug-likeness (QED) is 0.476. The number of hydrogen-bond donors (Lipinski definition) is 3. The molecule has 1 aliphatic rings. The van der Waals surface area contributed by atoms with Crippen molar-refractivity contribution >= 4 is 11.9 Å². The fraction of sp³-hybridized carbons (Fsp3) is 0.857. The van der Waals surface area contributed by atoms with E-state index in [-0.39, 0.29) is 6.54 Å². The monoisotopic (exact) mass is 286 g/mol. The van der Waals surface area contributed by atoms with Gasteiger partial charge in [0, 0.05) is 6.04 Å². The molecule has 0 aromatic carbocycles. The maximum atomic E-state index is 11.7. The van der Waals surface area contributed by atoms with Gasteiger partial charge in [-0.05, 0) is 26.8 Å². The van der Waals surface area contributed by atoms with Crippen LogP contribution in [0.4, 0.5) is 0 Å². The minimum atomic E-state index is -1.02. The number of esters is 1. The molecule has 0 aliphatic heterocycles. The summed E-state index contributed by atoms with van der Waals surface area (Å²) in [6, 6.07) is -0.503. The fourth-order valence-corrected chi connectivity index (χ4v) is 2.59. The summed E-state index contributed by atoms with van der Waals surface area (Å²) < 4.78 is 5.14. The molecular formula is C14H26N2O4. The second-order valence-electron chi connectivity index (χ2n) is 5.37. The highest BCUT2D eigenvalue weighted by Gasteiger charge is 2.26. The summed E-state index contributed by atoms with van der Waals surface area (Å²) in [5.74, 6) is -1.42. The Kier molecular flexibility index (Phi) is 7.54. The van der Waals surface area contributed by atoms with Gasteiger partial charge in [-0.3, -0.25) is 9.59 Å². The largest absolute Gasteiger partial charge is 0.480 e. The van der Waals surface area contributed by atoms with Crippen LogP contribution >= 0.6 is 0 Å². The Morgan fingerprint density at radius 2 is 1.85 bits per heavy atom. The van der Waals surface area contributed by atoms with Crippen molar-refractivity contribution in [1.82, 2.24) is 10.6 Å². The zero-order valence-corrected chi connectivity index (χ0v) is 12.4. The Bertz CT molecular complexity index is 314. The summed E-state index contributed by atoms with van der Waals surface area (Å²) in [5, 5.41) is 14.8. The molecule has 1 saturated carbocycles. The Labute approximate surface area is 120 Å². The van der Waals surface area contributed by atoms with Gasteiger partial charge in [-0.25, -0.2) is 0 Å². The highest BCUT2D eigenvalue weighted by Crippen LogP contribution is 2.16. The number of aliphatic carboxylic acids is 1. The van der Waals surface area contributed by atoms with Crippen molar-refractivity contribution in [2.45, 2.75) is 63.6 Å². The molecule has 2 atom stereocenters. The predicted octanol–water partition coefficient (Wildman–Crippen LogP) is 0.903. The number of carbonyl (C=O) groups is 2. The van der Waals surface area contributed by atoms with Gasteiger partial charge in [-0.1, -0.05) is 25.7 Å². The van der Waals surface area contributed by atoms with Gasteiger partial charge in [0.2, 0.25) is 0 Å². The molecule has 1 fully saturated rings. The van der Waals surface area contributed by atoms with E-state index in [0.717, 1.165) is 12.8 Å². The molecule has 6 nitrogen and oxygen atoms in total. The van der Waals surface area contributed by atoms with Gasteiger partial charge in [0.05, 0.1) is 6.54 Å². The minimum Gasteiger partial charge on any atom is -0.480 e. The van der Waals surface area contributed by atoms with Gasteiger partial charge in [-0.15, -0.1) is 0 Å². The first-order valence-corrected chi connectivity index (χ1v) is 7.37. The van der Waals surface area contributed by atoms with Gasteiger partial charge in [-0.2, -0.15) is 0 Å². The maximum Gasteiger partial charge on any atom is 0.324 e. The van der Waals surface area contributed by atoms with Crippen molar-refractivity contribution in [3.8, 4) is 0 Å². The van der Waals surface area contributed by atoms with Crippen LogP contribution in [0.25, 0.3) is 0 Å². The average molecular weight is 286 g/mol. The van der Waals surface area contributed by atoms with Crippen LogP contribution in [-0.2, 0) is 14.3 Å².